The van der Waals surface area contributed by atoms with Gasteiger partial charge in [-0.15, -0.1) is 0 Å². The smallest absolute Gasteiger partial charge is 0.242 e. The highest BCUT2D eigenvalue weighted by molar-refractivity contribution is 5.80. The lowest BCUT2D eigenvalue weighted by Crippen LogP contribution is -2.38. The van der Waals surface area contributed by atoms with Crippen molar-refractivity contribution in [3.05, 3.63) is 30.6 Å². The lowest BCUT2D eigenvalue weighted by Gasteiger charge is -2.26. The zero-order valence-electron chi connectivity index (χ0n) is 13.4. The van der Waals surface area contributed by atoms with Crippen LogP contribution in [-0.4, -0.2) is 33.4 Å². The first-order valence-corrected chi connectivity index (χ1v) is 7.65. The summed E-state index contributed by atoms with van der Waals surface area (Å²) in [5, 5.41) is 0. The number of aromatic nitrogens is 2. The number of amides is 1. The topological polar surface area (TPSA) is 38.1 Å². The lowest BCUT2D eigenvalue weighted by molar-refractivity contribution is -0.132. The summed E-state index contributed by atoms with van der Waals surface area (Å²) in [5.41, 5.74) is 1.95. The summed E-state index contributed by atoms with van der Waals surface area (Å²) in [7, 11) is 0. The Balaban J connectivity index is 2.14. The Morgan fingerprint density at radius 3 is 2.38 bits per heavy atom. The molecule has 0 atom stereocenters. The number of carbonyl (C=O) groups excluding carboxylic acids is 1. The molecule has 1 aromatic heterocycles. The molecule has 1 aromatic carbocycles. The van der Waals surface area contributed by atoms with Crippen LogP contribution in [0.5, 0.6) is 0 Å². The Hall–Kier alpha value is -1.84. The van der Waals surface area contributed by atoms with Gasteiger partial charge >= 0.3 is 0 Å². The zero-order chi connectivity index (χ0) is 15.4. The van der Waals surface area contributed by atoms with Gasteiger partial charge in [-0.05, 0) is 24.0 Å². The lowest BCUT2D eigenvalue weighted by atomic mass is 10.1. The van der Waals surface area contributed by atoms with Crippen LogP contribution >= 0.6 is 0 Å². The molecule has 2 rings (SSSR count). The number of fused-ring (bicyclic) bond motifs is 1. The molecule has 1 heterocycles. The summed E-state index contributed by atoms with van der Waals surface area (Å²) in [6.45, 7) is 10.6. The molecule has 0 aliphatic carbocycles. The summed E-state index contributed by atoms with van der Waals surface area (Å²) >= 11 is 0. The van der Waals surface area contributed by atoms with Gasteiger partial charge in [0.15, 0.2) is 0 Å². The van der Waals surface area contributed by atoms with E-state index >= 15 is 0 Å². The van der Waals surface area contributed by atoms with E-state index in [0.717, 1.165) is 24.1 Å². The molecule has 0 bridgehead atoms. The molecule has 114 valence electrons. The molecule has 0 radical (unpaired) electrons. The van der Waals surface area contributed by atoms with Crippen molar-refractivity contribution in [3.63, 3.8) is 0 Å². The summed E-state index contributed by atoms with van der Waals surface area (Å²) in [6, 6.07) is 7.91. The van der Waals surface area contributed by atoms with Gasteiger partial charge < -0.3 is 9.47 Å². The van der Waals surface area contributed by atoms with Crippen molar-refractivity contribution in [2.45, 2.75) is 34.2 Å². The first-order chi connectivity index (χ1) is 9.97. The average molecular weight is 287 g/mol. The fraction of sp³-hybridized carbons (Fsp3) is 0.529. The maximum absolute atomic E-state index is 12.6. The second-order valence-electron chi connectivity index (χ2n) is 6.45. The summed E-state index contributed by atoms with van der Waals surface area (Å²) in [4.78, 5) is 18.9. The van der Waals surface area contributed by atoms with Gasteiger partial charge in [0.05, 0.1) is 17.4 Å². The highest BCUT2D eigenvalue weighted by atomic mass is 16.2. The van der Waals surface area contributed by atoms with E-state index in [0.29, 0.717) is 18.4 Å². The van der Waals surface area contributed by atoms with Crippen LogP contribution in [0, 0.1) is 11.8 Å². The maximum atomic E-state index is 12.6. The SMILES string of the molecule is CC(C)CN(CC(C)C)C(=O)Cn1cnc2ccccc21. The van der Waals surface area contributed by atoms with Crippen LogP contribution in [0.25, 0.3) is 11.0 Å². The van der Waals surface area contributed by atoms with E-state index in [1.165, 1.54) is 0 Å². The molecule has 2 aromatic rings. The second-order valence-corrected chi connectivity index (χ2v) is 6.45. The third kappa shape index (κ3) is 4.06. The monoisotopic (exact) mass is 287 g/mol. The number of hydrogen-bond acceptors (Lipinski definition) is 2. The van der Waals surface area contributed by atoms with Crippen LogP contribution in [-0.2, 0) is 11.3 Å². The quantitative estimate of drug-likeness (QED) is 0.818. The Labute approximate surface area is 126 Å². The van der Waals surface area contributed by atoms with Crippen molar-refractivity contribution in [2.75, 3.05) is 13.1 Å². The fourth-order valence-electron chi connectivity index (χ4n) is 2.54. The van der Waals surface area contributed by atoms with Gasteiger partial charge in [0.25, 0.3) is 0 Å². The highest BCUT2D eigenvalue weighted by Crippen LogP contribution is 2.13. The van der Waals surface area contributed by atoms with E-state index in [9.17, 15) is 4.79 Å². The predicted octanol–water partition coefficient (Wildman–Crippen LogP) is 3.18. The molecule has 0 spiro atoms. The van der Waals surface area contributed by atoms with Crippen molar-refractivity contribution in [3.8, 4) is 0 Å². The maximum Gasteiger partial charge on any atom is 0.242 e. The molecule has 0 aliphatic rings. The molecule has 0 unspecified atom stereocenters. The molecule has 0 saturated carbocycles. The largest absolute Gasteiger partial charge is 0.341 e. The third-order valence-electron chi connectivity index (χ3n) is 3.36. The number of benzene rings is 1. The second kappa shape index (κ2) is 6.74. The molecule has 0 aliphatic heterocycles. The molecule has 0 N–H and O–H groups in total. The number of para-hydroxylation sites is 2. The molecule has 1 amide bonds. The van der Waals surface area contributed by atoms with Crippen LogP contribution in [0.2, 0.25) is 0 Å². The summed E-state index contributed by atoms with van der Waals surface area (Å²) < 4.78 is 1.94. The molecule has 4 nitrogen and oxygen atoms in total. The van der Waals surface area contributed by atoms with Crippen molar-refractivity contribution in [1.29, 1.82) is 0 Å². The van der Waals surface area contributed by atoms with E-state index in [4.69, 9.17) is 0 Å². The van der Waals surface area contributed by atoms with Crippen LogP contribution in [0.3, 0.4) is 0 Å². The van der Waals surface area contributed by atoms with E-state index in [2.05, 4.69) is 32.7 Å². The minimum atomic E-state index is 0.167. The van der Waals surface area contributed by atoms with E-state index in [1.807, 2.05) is 33.7 Å². The molecular weight excluding hydrogens is 262 g/mol. The first kappa shape index (κ1) is 15.5. The van der Waals surface area contributed by atoms with Gasteiger partial charge in [0.2, 0.25) is 5.91 Å². The molecule has 0 fully saturated rings. The van der Waals surface area contributed by atoms with Gasteiger partial charge in [-0.2, -0.15) is 0 Å². The number of hydrogen-bond donors (Lipinski definition) is 0. The Bertz CT molecular complexity index is 591. The Kier molecular flexibility index (Phi) is 4.99. The molecule has 21 heavy (non-hydrogen) atoms. The van der Waals surface area contributed by atoms with Crippen molar-refractivity contribution < 1.29 is 4.79 Å². The Morgan fingerprint density at radius 2 is 1.76 bits per heavy atom. The Morgan fingerprint density at radius 1 is 1.14 bits per heavy atom. The first-order valence-electron chi connectivity index (χ1n) is 7.65. The van der Waals surface area contributed by atoms with Crippen molar-refractivity contribution in [1.82, 2.24) is 14.5 Å². The highest BCUT2D eigenvalue weighted by Gasteiger charge is 2.17. The van der Waals surface area contributed by atoms with Crippen molar-refractivity contribution in [2.24, 2.45) is 11.8 Å². The van der Waals surface area contributed by atoms with Gasteiger partial charge in [0.1, 0.15) is 6.54 Å². The van der Waals surface area contributed by atoms with Gasteiger partial charge in [0, 0.05) is 13.1 Å². The zero-order valence-corrected chi connectivity index (χ0v) is 13.4. The third-order valence-corrected chi connectivity index (χ3v) is 3.36. The molecule has 4 heteroatoms. The minimum Gasteiger partial charge on any atom is -0.341 e. The van der Waals surface area contributed by atoms with Crippen LogP contribution in [0.1, 0.15) is 27.7 Å². The number of imidazole rings is 1. The minimum absolute atomic E-state index is 0.167. The van der Waals surface area contributed by atoms with E-state index in [-0.39, 0.29) is 5.91 Å². The fourth-order valence-corrected chi connectivity index (χ4v) is 2.54. The number of carbonyl (C=O) groups is 1. The van der Waals surface area contributed by atoms with Crippen LogP contribution in [0.4, 0.5) is 0 Å². The van der Waals surface area contributed by atoms with Gasteiger partial charge in [-0.1, -0.05) is 39.8 Å². The predicted molar refractivity (Wildman–Crippen MR) is 86.0 cm³/mol. The summed E-state index contributed by atoms with van der Waals surface area (Å²) in [5.74, 6) is 1.13. The van der Waals surface area contributed by atoms with E-state index in [1.54, 1.807) is 6.33 Å². The molecular formula is C17H25N3O. The van der Waals surface area contributed by atoms with Gasteiger partial charge in [-0.25, -0.2) is 4.98 Å². The van der Waals surface area contributed by atoms with E-state index < -0.39 is 0 Å². The van der Waals surface area contributed by atoms with Crippen LogP contribution in [0.15, 0.2) is 30.6 Å². The van der Waals surface area contributed by atoms with Crippen molar-refractivity contribution >= 4 is 16.9 Å². The molecule has 0 saturated heterocycles. The normalized spacial score (nSPS) is 11.5. The average Bonchev–Trinajstić information content (AvgIpc) is 2.80. The number of rotatable bonds is 6. The van der Waals surface area contributed by atoms with Gasteiger partial charge in [-0.3, -0.25) is 4.79 Å². The summed E-state index contributed by atoms with van der Waals surface area (Å²) in [6.07, 6.45) is 1.76. The standard InChI is InChI=1S/C17H25N3O/c1-13(2)9-19(10-14(3)4)17(21)11-20-12-18-15-7-5-6-8-16(15)20/h5-8,12-14H,9-11H2,1-4H3. The number of nitrogens with zero attached hydrogens (tertiary/aromatic N) is 3. The van der Waals surface area contributed by atoms with Crippen LogP contribution < -0.4 is 0 Å².